The van der Waals surface area contributed by atoms with E-state index < -0.39 is 5.97 Å². The van der Waals surface area contributed by atoms with Crippen LogP contribution in [0.15, 0.2) is 12.4 Å². The van der Waals surface area contributed by atoms with Crippen LogP contribution in [0.1, 0.15) is 16.2 Å². The first-order valence-electron chi connectivity index (χ1n) is 4.72. The molecular formula is C9H10N6O2. The molecule has 2 aromatic rings. The van der Waals surface area contributed by atoms with Crippen LogP contribution in [-0.2, 0) is 4.74 Å². The zero-order valence-electron chi connectivity index (χ0n) is 9.28. The minimum atomic E-state index is -0.627. The quantitative estimate of drug-likeness (QED) is 0.712. The minimum Gasteiger partial charge on any atom is -0.464 e. The summed E-state index contributed by atoms with van der Waals surface area (Å²) in [5.74, 6) is -0.270. The number of hydrogen-bond donors (Lipinski definition) is 1. The molecule has 0 amide bonds. The molecule has 0 saturated carbocycles. The normalized spacial score (nSPS) is 10.2. The highest BCUT2D eigenvalue weighted by Gasteiger charge is 2.17. The van der Waals surface area contributed by atoms with Crippen molar-refractivity contribution >= 4 is 11.8 Å². The van der Waals surface area contributed by atoms with Crippen molar-refractivity contribution in [3.8, 4) is 5.82 Å². The Bertz CT molecular complexity index is 551. The van der Waals surface area contributed by atoms with E-state index in [4.69, 9.17) is 5.73 Å². The molecule has 0 bridgehead atoms. The van der Waals surface area contributed by atoms with Crippen LogP contribution in [0.3, 0.4) is 0 Å². The van der Waals surface area contributed by atoms with Crippen molar-refractivity contribution in [1.29, 1.82) is 0 Å². The molecule has 0 saturated heterocycles. The number of nitrogens with zero attached hydrogens (tertiary/aromatic N) is 5. The van der Waals surface area contributed by atoms with Crippen molar-refractivity contribution < 1.29 is 9.53 Å². The Labute approximate surface area is 96.4 Å². The molecule has 0 atom stereocenters. The van der Waals surface area contributed by atoms with E-state index in [-0.39, 0.29) is 11.5 Å². The number of methoxy groups -OCH3 is 1. The fraction of sp³-hybridized carbons (Fsp3) is 0.222. The van der Waals surface area contributed by atoms with Crippen molar-refractivity contribution in [1.82, 2.24) is 25.0 Å². The fourth-order valence-corrected chi connectivity index (χ4v) is 1.28. The molecule has 2 rings (SSSR count). The number of esters is 1. The SMILES string of the molecule is COC(=O)c1nc(C)c(-n2nccn2)nc1N. The van der Waals surface area contributed by atoms with Gasteiger partial charge in [0, 0.05) is 0 Å². The Balaban J connectivity index is 2.53. The molecule has 2 aromatic heterocycles. The predicted octanol–water partition coefficient (Wildman–Crippen LogP) is -0.265. The van der Waals surface area contributed by atoms with Crippen LogP contribution in [0.2, 0.25) is 0 Å². The summed E-state index contributed by atoms with van der Waals surface area (Å²) in [4.78, 5) is 20.7. The molecule has 88 valence electrons. The van der Waals surface area contributed by atoms with E-state index in [1.807, 2.05) is 0 Å². The Hall–Kier alpha value is -2.51. The zero-order chi connectivity index (χ0) is 12.4. The Kier molecular flexibility index (Phi) is 2.69. The second-order valence-electron chi connectivity index (χ2n) is 3.18. The molecule has 0 aromatic carbocycles. The molecule has 0 fully saturated rings. The summed E-state index contributed by atoms with van der Waals surface area (Å²) in [5.41, 5.74) is 6.10. The van der Waals surface area contributed by atoms with E-state index in [2.05, 4.69) is 24.9 Å². The maximum Gasteiger partial charge on any atom is 0.360 e. The lowest BCUT2D eigenvalue weighted by atomic mass is 10.3. The van der Waals surface area contributed by atoms with Gasteiger partial charge < -0.3 is 10.5 Å². The van der Waals surface area contributed by atoms with E-state index >= 15 is 0 Å². The molecule has 0 radical (unpaired) electrons. The highest BCUT2D eigenvalue weighted by molar-refractivity contribution is 5.91. The maximum absolute atomic E-state index is 11.3. The number of anilines is 1. The second-order valence-corrected chi connectivity index (χ2v) is 3.18. The molecule has 2 N–H and O–H groups in total. The lowest BCUT2D eigenvalue weighted by Crippen LogP contribution is -2.15. The van der Waals surface area contributed by atoms with Gasteiger partial charge in [-0.25, -0.2) is 14.8 Å². The van der Waals surface area contributed by atoms with Crippen LogP contribution in [0.5, 0.6) is 0 Å². The summed E-state index contributed by atoms with van der Waals surface area (Å²) in [5, 5.41) is 7.83. The number of hydrogen-bond acceptors (Lipinski definition) is 7. The average molecular weight is 234 g/mol. The van der Waals surface area contributed by atoms with Gasteiger partial charge in [-0.05, 0) is 6.92 Å². The highest BCUT2D eigenvalue weighted by Crippen LogP contribution is 2.13. The number of aryl methyl sites for hydroxylation is 1. The van der Waals surface area contributed by atoms with E-state index in [0.717, 1.165) is 0 Å². The minimum absolute atomic E-state index is 0.0130. The van der Waals surface area contributed by atoms with E-state index in [1.54, 1.807) is 6.92 Å². The lowest BCUT2D eigenvalue weighted by molar-refractivity contribution is 0.0594. The number of nitrogens with two attached hydrogens (primary N) is 1. The Morgan fingerprint density at radius 2 is 2.00 bits per heavy atom. The van der Waals surface area contributed by atoms with Crippen molar-refractivity contribution in [3.63, 3.8) is 0 Å². The molecular weight excluding hydrogens is 224 g/mol. The monoisotopic (exact) mass is 234 g/mol. The van der Waals surface area contributed by atoms with Gasteiger partial charge in [-0.3, -0.25) is 0 Å². The molecule has 0 aliphatic carbocycles. The first-order valence-corrected chi connectivity index (χ1v) is 4.72. The van der Waals surface area contributed by atoms with Gasteiger partial charge in [-0.15, -0.1) is 4.80 Å². The highest BCUT2D eigenvalue weighted by atomic mass is 16.5. The van der Waals surface area contributed by atoms with Gasteiger partial charge in [0.1, 0.15) is 0 Å². The van der Waals surface area contributed by atoms with E-state index in [1.165, 1.54) is 24.3 Å². The summed E-state index contributed by atoms with van der Waals surface area (Å²) in [6.45, 7) is 1.68. The first-order chi connectivity index (χ1) is 8.13. The topological polar surface area (TPSA) is 109 Å². The first kappa shape index (κ1) is 11.0. The number of rotatable bonds is 2. The number of carbonyl (C=O) groups excluding carboxylic acids is 1. The fourth-order valence-electron chi connectivity index (χ4n) is 1.28. The van der Waals surface area contributed by atoms with Gasteiger partial charge in [-0.1, -0.05) is 0 Å². The van der Waals surface area contributed by atoms with Crippen molar-refractivity contribution in [2.24, 2.45) is 0 Å². The number of carbonyl (C=O) groups is 1. The molecule has 0 unspecified atom stereocenters. The molecule has 0 aliphatic rings. The second kappa shape index (κ2) is 4.16. The molecule has 17 heavy (non-hydrogen) atoms. The molecule has 8 heteroatoms. The van der Waals surface area contributed by atoms with Gasteiger partial charge in [-0.2, -0.15) is 10.2 Å². The van der Waals surface area contributed by atoms with Crippen molar-refractivity contribution in [2.45, 2.75) is 6.92 Å². The average Bonchev–Trinajstić information content (AvgIpc) is 2.84. The third-order valence-electron chi connectivity index (χ3n) is 2.06. The third-order valence-corrected chi connectivity index (χ3v) is 2.06. The van der Waals surface area contributed by atoms with E-state index in [0.29, 0.717) is 11.5 Å². The van der Waals surface area contributed by atoms with Gasteiger partial charge >= 0.3 is 5.97 Å². The van der Waals surface area contributed by atoms with Crippen LogP contribution in [0.25, 0.3) is 5.82 Å². The summed E-state index contributed by atoms with van der Waals surface area (Å²) in [6.07, 6.45) is 3.01. The molecule has 8 nitrogen and oxygen atoms in total. The van der Waals surface area contributed by atoms with Crippen LogP contribution < -0.4 is 5.73 Å². The van der Waals surface area contributed by atoms with Crippen LogP contribution in [-0.4, -0.2) is 38.0 Å². The standard InChI is InChI=1S/C9H10N6O2/c1-5-8(15-11-3-4-12-15)14-7(10)6(13-5)9(16)17-2/h3-4H,1-2H3,(H2,10,14). The molecule has 0 spiro atoms. The predicted molar refractivity (Wildman–Crippen MR) is 57.4 cm³/mol. The van der Waals surface area contributed by atoms with Crippen LogP contribution >= 0.6 is 0 Å². The number of aromatic nitrogens is 5. The summed E-state index contributed by atoms with van der Waals surface area (Å²) >= 11 is 0. The Morgan fingerprint density at radius 3 is 2.59 bits per heavy atom. The van der Waals surface area contributed by atoms with Gasteiger partial charge in [0.25, 0.3) is 0 Å². The van der Waals surface area contributed by atoms with Gasteiger partial charge in [0.05, 0.1) is 25.2 Å². The van der Waals surface area contributed by atoms with Gasteiger partial charge in [0.2, 0.25) is 0 Å². The van der Waals surface area contributed by atoms with Crippen molar-refractivity contribution in [2.75, 3.05) is 12.8 Å². The summed E-state index contributed by atoms with van der Waals surface area (Å²) in [6, 6.07) is 0. The molecule has 2 heterocycles. The van der Waals surface area contributed by atoms with E-state index in [9.17, 15) is 4.79 Å². The summed E-state index contributed by atoms with van der Waals surface area (Å²) in [7, 11) is 1.25. The zero-order valence-corrected chi connectivity index (χ0v) is 9.28. The van der Waals surface area contributed by atoms with Crippen LogP contribution in [0, 0.1) is 6.92 Å². The largest absolute Gasteiger partial charge is 0.464 e. The number of ether oxygens (including phenoxy) is 1. The lowest BCUT2D eigenvalue weighted by Gasteiger charge is -2.07. The van der Waals surface area contributed by atoms with Crippen LogP contribution in [0.4, 0.5) is 5.82 Å². The third kappa shape index (κ3) is 1.92. The summed E-state index contributed by atoms with van der Waals surface area (Å²) < 4.78 is 4.54. The molecule has 0 aliphatic heterocycles. The van der Waals surface area contributed by atoms with Crippen molar-refractivity contribution in [3.05, 3.63) is 23.8 Å². The van der Waals surface area contributed by atoms with Gasteiger partial charge in [0.15, 0.2) is 17.3 Å². The Morgan fingerprint density at radius 1 is 1.35 bits per heavy atom. The number of nitrogen functional groups attached to an aromatic ring is 1. The smallest absolute Gasteiger partial charge is 0.360 e. The maximum atomic E-state index is 11.3.